The third kappa shape index (κ3) is 3.99. The fourth-order valence-corrected chi connectivity index (χ4v) is 2.75. The first kappa shape index (κ1) is 18.9. The Hall–Kier alpha value is -2.14. The van der Waals surface area contributed by atoms with Crippen molar-refractivity contribution in [2.45, 2.75) is 46.1 Å². The second-order valence-electron chi connectivity index (χ2n) is 6.02. The van der Waals surface area contributed by atoms with Crippen LogP contribution in [0, 0.1) is 20.8 Å². The van der Waals surface area contributed by atoms with Gasteiger partial charge in [-0.05, 0) is 44.4 Å². The molecule has 5 heteroatoms. The van der Waals surface area contributed by atoms with E-state index in [0.29, 0.717) is 5.06 Å². The maximum atomic E-state index is 12.5. The van der Waals surface area contributed by atoms with E-state index < -0.39 is 17.4 Å². The van der Waals surface area contributed by atoms with Crippen molar-refractivity contribution in [1.29, 1.82) is 0 Å². The number of nitrogens with zero attached hydrogens (tertiary/aromatic N) is 1. The van der Waals surface area contributed by atoms with Gasteiger partial charge in [0.25, 0.3) is 5.91 Å². The zero-order chi connectivity index (χ0) is 17.8. The van der Waals surface area contributed by atoms with Crippen LogP contribution in [0.25, 0.3) is 0 Å². The number of carbonyl (C=O) groups excluding carboxylic acids is 2. The van der Waals surface area contributed by atoms with E-state index in [2.05, 4.69) is 6.58 Å². The van der Waals surface area contributed by atoms with Crippen LogP contribution < -0.4 is 0 Å². The molecular formula is C18H25NO4. The Bertz CT molecular complexity index is 600. The van der Waals surface area contributed by atoms with Crippen LogP contribution in [-0.2, 0) is 20.7 Å². The second kappa shape index (κ2) is 7.42. The Balaban J connectivity index is 3.09. The average molecular weight is 319 g/mol. The highest BCUT2D eigenvalue weighted by Crippen LogP contribution is 2.23. The molecule has 1 N–H and O–H groups in total. The molecule has 0 heterocycles. The highest BCUT2D eigenvalue weighted by Gasteiger charge is 2.42. The molecule has 1 amide bonds. The Kier molecular flexibility index (Phi) is 6.10. The predicted molar refractivity (Wildman–Crippen MR) is 88.2 cm³/mol. The van der Waals surface area contributed by atoms with Crippen LogP contribution in [0.5, 0.6) is 0 Å². The first-order valence-corrected chi connectivity index (χ1v) is 7.45. The molecule has 0 radical (unpaired) electrons. The summed E-state index contributed by atoms with van der Waals surface area (Å²) in [6, 6.07) is 3.97. The van der Waals surface area contributed by atoms with Gasteiger partial charge in [-0.25, -0.2) is 9.86 Å². The number of amides is 1. The number of hydrogen-bond donors (Lipinski definition) is 1. The zero-order valence-electron chi connectivity index (χ0n) is 14.5. The van der Waals surface area contributed by atoms with Crippen LogP contribution in [-0.4, -0.2) is 34.8 Å². The van der Waals surface area contributed by atoms with Crippen molar-refractivity contribution in [2.75, 3.05) is 7.11 Å². The molecule has 1 aromatic rings. The minimum Gasteiger partial charge on any atom is -0.467 e. The van der Waals surface area contributed by atoms with Crippen molar-refractivity contribution < 1.29 is 19.5 Å². The summed E-state index contributed by atoms with van der Waals surface area (Å²) >= 11 is 0. The van der Waals surface area contributed by atoms with E-state index in [9.17, 15) is 14.8 Å². The van der Waals surface area contributed by atoms with Crippen LogP contribution in [0.3, 0.4) is 0 Å². The Labute approximate surface area is 137 Å². The fourth-order valence-electron chi connectivity index (χ4n) is 2.75. The van der Waals surface area contributed by atoms with Gasteiger partial charge in [0.15, 0.2) is 5.54 Å². The molecule has 1 aromatic carbocycles. The lowest BCUT2D eigenvalue weighted by Crippen LogP contribution is -2.54. The van der Waals surface area contributed by atoms with Gasteiger partial charge >= 0.3 is 5.97 Å². The normalized spacial score (nSPS) is 13.1. The molecule has 0 aliphatic heterocycles. The van der Waals surface area contributed by atoms with Gasteiger partial charge in [0.05, 0.1) is 13.5 Å². The third-order valence-corrected chi connectivity index (χ3v) is 4.04. The lowest BCUT2D eigenvalue weighted by atomic mass is 9.94. The summed E-state index contributed by atoms with van der Waals surface area (Å²) in [5.41, 5.74) is 2.44. The smallest absolute Gasteiger partial charge is 0.334 e. The van der Waals surface area contributed by atoms with Crippen LogP contribution in [0.4, 0.5) is 0 Å². The summed E-state index contributed by atoms with van der Waals surface area (Å²) in [6.07, 6.45) is 1.57. The predicted octanol–water partition coefficient (Wildman–Crippen LogP) is 2.88. The van der Waals surface area contributed by atoms with Crippen molar-refractivity contribution >= 4 is 11.9 Å². The monoisotopic (exact) mass is 319 g/mol. The first-order valence-electron chi connectivity index (χ1n) is 7.45. The molecule has 126 valence electrons. The molecule has 0 bridgehead atoms. The van der Waals surface area contributed by atoms with Gasteiger partial charge in [-0.2, -0.15) is 0 Å². The molecule has 0 saturated carbocycles. The van der Waals surface area contributed by atoms with Crippen LogP contribution in [0.2, 0.25) is 0 Å². The highest BCUT2D eigenvalue weighted by molar-refractivity contribution is 5.88. The maximum Gasteiger partial charge on any atom is 0.334 e. The van der Waals surface area contributed by atoms with Crippen molar-refractivity contribution in [2.24, 2.45) is 0 Å². The summed E-state index contributed by atoms with van der Waals surface area (Å²) in [5.74, 6) is -1.25. The lowest BCUT2D eigenvalue weighted by Gasteiger charge is -2.33. The molecule has 0 spiro atoms. The molecule has 5 nitrogen and oxygen atoms in total. The van der Waals surface area contributed by atoms with E-state index >= 15 is 0 Å². The third-order valence-electron chi connectivity index (χ3n) is 4.04. The molecule has 0 saturated heterocycles. The molecule has 1 atom stereocenters. The quantitative estimate of drug-likeness (QED) is 0.379. The number of methoxy groups -OCH3 is 1. The Morgan fingerprint density at radius 3 is 2.26 bits per heavy atom. The van der Waals surface area contributed by atoms with Crippen molar-refractivity contribution in [1.82, 2.24) is 5.06 Å². The molecular weight excluding hydrogens is 294 g/mol. The molecule has 1 rings (SSSR count). The summed E-state index contributed by atoms with van der Waals surface area (Å²) in [4.78, 5) is 24.5. The number of carbonyl (C=O) groups is 2. The van der Waals surface area contributed by atoms with Crippen molar-refractivity contribution in [3.63, 3.8) is 0 Å². The van der Waals surface area contributed by atoms with Gasteiger partial charge in [0.2, 0.25) is 0 Å². The topological polar surface area (TPSA) is 66.8 Å². The van der Waals surface area contributed by atoms with Gasteiger partial charge in [-0.3, -0.25) is 10.0 Å². The largest absolute Gasteiger partial charge is 0.467 e. The first-order chi connectivity index (χ1) is 10.7. The van der Waals surface area contributed by atoms with E-state index in [1.807, 2.05) is 32.9 Å². The standard InChI is InChI=1S/C18H25NO4/c1-7-8-18(5,17(21)23-6)19(22)16(20)11-15-13(3)9-12(2)10-14(15)4/h7,9-10,22H,1,8,11H2,2-6H3. The molecule has 0 aromatic heterocycles. The summed E-state index contributed by atoms with van der Waals surface area (Å²) in [7, 11) is 1.22. The highest BCUT2D eigenvalue weighted by atomic mass is 16.6. The van der Waals surface area contributed by atoms with Crippen LogP contribution >= 0.6 is 0 Å². The van der Waals surface area contributed by atoms with Crippen LogP contribution in [0.1, 0.15) is 35.6 Å². The molecule has 0 aliphatic rings. The summed E-state index contributed by atoms with van der Waals surface area (Å²) < 4.78 is 4.71. The van der Waals surface area contributed by atoms with E-state index in [1.165, 1.54) is 20.1 Å². The Morgan fingerprint density at radius 1 is 1.30 bits per heavy atom. The summed E-state index contributed by atoms with van der Waals surface area (Å²) in [5, 5.41) is 10.8. The minimum atomic E-state index is -1.49. The van der Waals surface area contributed by atoms with Gasteiger partial charge < -0.3 is 4.74 Å². The van der Waals surface area contributed by atoms with E-state index in [1.54, 1.807) is 0 Å². The van der Waals surface area contributed by atoms with E-state index in [-0.39, 0.29) is 12.8 Å². The fraction of sp³-hybridized carbons (Fsp3) is 0.444. The SMILES string of the molecule is C=CCC(C)(C(=O)OC)N(O)C(=O)Cc1c(C)cc(C)cc1C. The minimum absolute atomic E-state index is 0.0121. The van der Waals surface area contributed by atoms with Gasteiger partial charge in [-0.1, -0.05) is 23.8 Å². The van der Waals surface area contributed by atoms with Crippen LogP contribution in [0.15, 0.2) is 24.8 Å². The van der Waals surface area contributed by atoms with Gasteiger partial charge in [-0.15, -0.1) is 6.58 Å². The number of hydrogen-bond acceptors (Lipinski definition) is 4. The molecule has 1 unspecified atom stereocenters. The zero-order valence-corrected chi connectivity index (χ0v) is 14.5. The number of rotatable bonds is 6. The number of aryl methyl sites for hydroxylation is 3. The number of benzene rings is 1. The maximum absolute atomic E-state index is 12.5. The average Bonchev–Trinajstić information content (AvgIpc) is 2.48. The van der Waals surface area contributed by atoms with Crippen molar-refractivity contribution in [3.05, 3.63) is 47.0 Å². The van der Waals surface area contributed by atoms with Crippen molar-refractivity contribution in [3.8, 4) is 0 Å². The van der Waals surface area contributed by atoms with Gasteiger partial charge in [0, 0.05) is 6.42 Å². The second-order valence-corrected chi connectivity index (χ2v) is 6.02. The number of hydroxylamine groups is 2. The van der Waals surface area contributed by atoms with Gasteiger partial charge in [0.1, 0.15) is 0 Å². The number of esters is 1. The molecule has 0 aliphatic carbocycles. The summed E-state index contributed by atoms with van der Waals surface area (Å²) in [6.45, 7) is 10.9. The van der Waals surface area contributed by atoms with E-state index in [4.69, 9.17) is 4.74 Å². The molecule has 23 heavy (non-hydrogen) atoms. The number of ether oxygens (including phenoxy) is 1. The van der Waals surface area contributed by atoms with E-state index in [0.717, 1.165) is 22.3 Å². The lowest BCUT2D eigenvalue weighted by molar-refractivity contribution is -0.203. The molecule has 0 fully saturated rings. The Morgan fingerprint density at radius 2 is 1.83 bits per heavy atom.